The van der Waals surface area contributed by atoms with Gasteiger partial charge in [-0.3, -0.25) is 4.79 Å². The number of rotatable bonds is 6. The average molecular weight is 214 g/mol. The lowest BCUT2D eigenvalue weighted by Crippen LogP contribution is -2.45. The monoisotopic (exact) mass is 214 g/mol. The first-order valence-corrected chi connectivity index (χ1v) is 5.84. The summed E-state index contributed by atoms with van der Waals surface area (Å²) in [6.45, 7) is 4.05. The third-order valence-corrected chi connectivity index (χ3v) is 2.78. The predicted octanol–water partition coefficient (Wildman–Crippen LogP) is 0.595. The molecule has 0 aromatic rings. The summed E-state index contributed by atoms with van der Waals surface area (Å²) < 4.78 is 0. The molecule has 0 radical (unpaired) electrons. The second-order valence-corrected chi connectivity index (χ2v) is 4.40. The van der Waals surface area contributed by atoms with Gasteiger partial charge in [0.25, 0.3) is 0 Å². The molecule has 0 rings (SSSR count). The maximum absolute atomic E-state index is 11.4. The van der Waals surface area contributed by atoms with E-state index in [4.69, 9.17) is 12.2 Å². The number of carbonyl (C=O) groups excluding carboxylic acids is 1. The van der Waals surface area contributed by atoms with Crippen molar-refractivity contribution in [1.29, 1.82) is 0 Å². The van der Waals surface area contributed by atoms with Gasteiger partial charge >= 0.3 is 0 Å². The van der Waals surface area contributed by atoms with E-state index in [1.165, 1.54) is 0 Å². The standard InChI is InChI=1S/C10H18N2OS/c1-4-6-9(11)10(13)12-8(3)7-14-5-2/h1,8-9H,5-7,11H2,2-3H3,(H,12,13). The number of nitrogens with one attached hydrogen (secondary N) is 1. The van der Waals surface area contributed by atoms with E-state index in [1.807, 2.05) is 6.92 Å². The quantitative estimate of drug-likeness (QED) is 0.636. The van der Waals surface area contributed by atoms with Crippen LogP contribution in [0.2, 0.25) is 0 Å². The summed E-state index contributed by atoms with van der Waals surface area (Å²) in [5.74, 6) is 4.17. The highest BCUT2D eigenvalue weighted by Crippen LogP contribution is 2.01. The van der Waals surface area contributed by atoms with Crippen LogP contribution < -0.4 is 11.1 Å². The Morgan fingerprint density at radius 2 is 2.36 bits per heavy atom. The van der Waals surface area contributed by atoms with Crippen molar-refractivity contribution in [3.05, 3.63) is 0 Å². The summed E-state index contributed by atoms with van der Waals surface area (Å²) in [6, 6.07) is -0.426. The molecule has 2 atom stereocenters. The third kappa shape index (κ3) is 5.90. The van der Waals surface area contributed by atoms with Crippen LogP contribution in [0.1, 0.15) is 20.3 Å². The van der Waals surface area contributed by atoms with E-state index < -0.39 is 6.04 Å². The zero-order valence-corrected chi connectivity index (χ0v) is 9.56. The summed E-state index contributed by atoms with van der Waals surface area (Å²) in [4.78, 5) is 11.4. The SMILES string of the molecule is C#CCC(N)C(=O)NC(C)CSCC. The van der Waals surface area contributed by atoms with Gasteiger partial charge in [-0.05, 0) is 12.7 Å². The van der Waals surface area contributed by atoms with Gasteiger partial charge in [-0.1, -0.05) is 6.92 Å². The van der Waals surface area contributed by atoms with Crippen molar-refractivity contribution in [2.75, 3.05) is 11.5 Å². The largest absolute Gasteiger partial charge is 0.351 e. The number of hydrogen-bond acceptors (Lipinski definition) is 3. The minimum Gasteiger partial charge on any atom is -0.351 e. The fraction of sp³-hybridized carbons (Fsp3) is 0.700. The van der Waals surface area contributed by atoms with Gasteiger partial charge in [-0.15, -0.1) is 12.3 Å². The number of amides is 1. The summed E-state index contributed by atoms with van der Waals surface area (Å²) in [5.41, 5.74) is 5.54. The van der Waals surface area contributed by atoms with Crippen LogP contribution in [0, 0.1) is 12.3 Å². The van der Waals surface area contributed by atoms with Crippen LogP contribution in [0.3, 0.4) is 0 Å². The van der Waals surface area contributed by atoms with E-state index in [0.717, 1.165) is 11.5 Å². The van der Waals surface area contributed by atoms with Crippen molar-refractivity contribution >= 4 is 17.7 Å². The van der Waals surface area contributed by atoms with Crippen molar-refractivity contribution in [1.82, 2.24) is 5.32 Å². The molecular weight excluding hydrogens is 196 g/mol. The second kappa shape index (κ2) is 7.72. The molecule has 0 heterocycles. The third-order valence-electron chi connectivity index (χ3n) is 1.64. The first-order chi connectivity index (χ1) is 6.61. The summed E-state index contributed by atoms with van der Waals surface area (Å²) in [7, 11) is 0. The number of nitrogens with two attached hydrogens (primary N) is 1. The summed E-state index contributed by atoms with van der Waals surface area (Å²) in [6.07, 6.45) is 5.36. The molecule has 0 fully saturated rings. The molecule has 0 spiro atoms. The van der Waals surface area contributed by atoms with E-state index in [-0.39, 0.29) is 11.9 Å². The Balaban J connectivity index is 3.76. The molecule has 0 aliphatic rings. The van der Waals surface area contributed by atoms with Crippen molar-refractivity contribution in [2.24, 2.45) is 5.73 Å². The van der Waals surface area contributed by atoms with Gasteiger partial charge in [-0.2, -0.15) is 11.8 Å². The molecule has 2 unspecified atom stereocenters. The molecule has 14 heavy (non-hydrogen) atoms. The van der Waals surface area contributed by atoms with Crippen molar-refractivity contribution in [2.45, 2.75) is 32.4 Å². The highest BCUT2D eigenvalue weighted by molar-refractivity contribution is 7.99. The van der Waals surface area contributed by atoms with Crippen LogP contribution in [0.25, 0.3) is 0 Å². The van der Waals surface area contributed by atoms with Gasteiger partial charge < -0.3 is 11.1 Å². The van der Waals surface area contributed by atoms with Crippen molar-refractivity contribution in [3.8, 4) is 12.3 Å². The zero-order valence-electron chi connectivity index (χ0n) is 8.75. The first-order valence-electron chi connectivity index (χ1n) is 4.69. The molecule has 80 valence electrons. The number of thioether (sulfide) groups is 1. The van der Waals surface area contributed by atoms with Crippen molar-refractivity contribution in [3.63, 3.8) is 0 Å². The lowest BCUT2D eigenvalue weighted by Gasteiger charge is -2.15. The summed E-state index contributed by atoms with van der Waals surface area (Å²) >= 11 is 1.79. The van der Waals surface area contributed by atoms with Crippen LogP contribution in [-0.4, -0.2) is 29.5 Å². The Kier molecular flexibility index (Phi) is 7.35. The Morgan fingerprint density at radius 1 is 1.71 bits per heavy atom. The van der Waals surface area contributed by atoms with Gasteiger partial charge in [-0.25, -0.2) is 0 Å². The normalized spacial score (nSPS) is 14.1. The first kappa shape index (κ1) is 13.3. The Hall–Kier alpha value is -0.660. The number of terminal acetylenes is 1. The van der Waals surface area contributed by atoms with Gasteiger partial charge in [0.15, 0.2) is 0 Å². The van der Waals surface area contributed by atoms with Crippen LogP contribution in [0.5, 0.6) is 0 Å². The minimum absolute atomic E-state index is 0.149. The molecule has 0 aromatic carbocycles. The van der Waals surface area contributed by atoms with Crippen LogP contribution in [0.4, 0.5) is 0 Å². The van der Waals surface area contributed by atoms with Crippen molar-refractivity contribution < 1.29 is 4.79 Å². The van der Waals surface area contributed by atoms with Gasteiger partial charge in [0.05, 0.1) is 6.04 Å². The molecular formula is C10H18N2OS. The minimum atomic E-state index is -0.575. The maximum Gasteiger partial charge on any atom is 0.238 e. The molecule has 1 amide bonds. The maximum atomic E-state index is 11.4. The van der Waals surface area contributed by atoms with Crippen LogP contribution >= 0.6 is 11.8 Å². The van der Waals surface area contributed by atoms with Crippen LogP contribution in [-0.2, 0) is 4.79 Å². The molecule has 0 bridgehead atoms. The molecule has 0 aromatic heterocycles. The average Bonchev–Trinajstić information content (AvgIpc) is 2.15. The lowest BCUT2D eigenvalue weighted by atomic mass is 10.2. The highest BCUT2D eigenvalue weighted by atomic mass is 32.2. The Morgan fingerprint density at radius 3 is 2.86 bits per heavy atom. The molecule has 0 saturated heterocycles. The molecule has 4 heteroatoms. The molecule has 0 saturated carbocycles. The van der Waals surface area contributed by atoms with E-state index in [0.29, 0.717) is 6.42 Å². The Bertz CT molecular complexity index is 213. The van der Waals surface area contributed by atoms with Crippen LogP contribution in [0.15, 0.2) is 0 Å². The smallest absolute Gasteiger partial charge is 0.238 e. The van der Waals surface area contributed by atoms with E-state index in [9.17, 15) is 4.79 Å². The van der Waals surface area contributed by atoms with E-state index >= 15 is 0 Å². The van der Waals surface area contributed by atoms with E-state index in [2.05, 4.69) is 18.2 Å². The number of hydrogen-bond donors (Lipinski definition) is 2. The Labute approximate surface area is 90.2 Å². The second-order valence-electron chi connectivity index (χ2n) is 3.08. The lowest BCUT2D eigenvalue weighted by molar-refractivity contribution is -0.122. The van der Waals surface area contributed by atoms with Gasteiger partial charge in [0.1, 0.15) is 0 Å². The van der Waals surface area contributed by atoms with Gasteiger partial charge in [0, 0.05) is 18.2 Å². The molecule has 0 aliphatic heterocycles. The summed E-state index contributed by atoms with van der Waals surface area (Å²) in [5, 5.41) is 2.82. The van der Waals surface area contributed by atoms with E-state index in [1.54, 1.807) is 11.8 Å². The predicted molar refractivity (Wildman–Crippen MR) is 62.0 cm³/mol. The van der Waals surface area contributed by atoms with Gasteiger partial charge in [0.2, 0.25) is 5.91 Å². The molecule has 3 nitrogen and oxygen atoms in total. The topological polar surface area (TPSA) is 55.1 Å². The fourth-order valence-electron chi connectivity index (χ4n) is 0.906. The molecule has 0 aliphatic carbocycles. The fourth-order valence-corrected chi connectivity index (χ4v) is 1.58. The zero-order chi connectivity index (χ0) is 11.0. The highest BCUT2D eigenvalue weighted by Gasteiger charge is 2.13. The molecule has 3 N–H and O–H groups in total. The number of carbonyl (C=O) groups is 1.